The van der Waals surface area contributed by atoms with Crippen molar-refractivity contribution >= 4 is 21.7 Å². The van der Waals surface area contributed by atoms with Gasteiger partial charge < -0.3 is 9.47 Å². The highest BCUT2D eigenvalue weighted by Crippen LogP contribution is 2.33. The molecule has 0 spiro atoms. The number of ether oxygens (including phenoxy) is 2. The van der Waals surface area contributed by atoms with Crippen LogP contribution in [0.3, 0.4) is 0 Å². The van der Waals surface area contributed by atoms with Gasteiger partial charge in [0.05, 0.1) is 19.1 Å². The van der Waals surface area contributed by atoms with Crippen molar-refractivity contribution in [1.29, 1.82) is 0 Å². The Morgan fingerprint density at radius 2 is 1.69 bits per heavy atom. The lowest BCUT2D eigenvalue weighted by molar-refractivity contribution is 0.0589. The van der Waals surface area contributed by atoms with Crippen LogP contribution in [0.2, 0.25) is 0 Å². The normalized spacial score (nSPS) is 11.2. The van der Waals surface area contributed by atoms with E-state index < -0.39 is 21.8 Å². The number of nitrogens with one attached hydrogen (secondary N) is 1. The first kappa shape index (κ1) is 20.3. The van der Waals surface area contributed by atoms with Crippen LogP contribution in [-0.2, 0) is 21.8 Å². The van der Waals surface area contributed by atoms with Crippen LogP contribution in [0.4, 0.5) is 10.1 Å². The standard InChI is InChI=1S/C19H18FN3O5S/c1-23-18(19(24)28-3)17(16(21-23)12-4-6-13(20)7-5-12)22-29(25,26)15-10-8-14(27-2)9-11-15/h4-11,22H,1-3H3. The summed E-state index contributed by atoms with van der Waals surface area (Å²) in [7, 11) is 0.0505. The molecule has 29 heavy (non-hydrogen) atoms. The zero-order valence-electron chi connectivity index (χ0n) is 15.8. The maximum Gasteiger partial charge on any atom is 0.358 e. The van der Waals surface area contributed by atoms with Gasteiger partial charge in [0.15, 0.2) is 5.69 Å². The van der Waals surface area contributed by atoms with Crippen LogP contribution < -0.4 is 9.46 Å². The molecule has 0 radical (unpaired) electrons. The van der Waals surface area contributed by atoms with E-state index in [2.05, 4.69) is 9.82 Å². The van der Waals surface area contributed by atoms with Crippen molar-refractivity contribution in [3.05, 3.63) is 60.0 Å². The third-order valence-corrected chi connectivity index (χ3v) is 5.52. The van der Waals surface area contributed by atoms with Crippen LogP contribution in [0, 0.1) is 5.82 Å². The highest BCUT2D eigenvalue weighted by Gasteiger charge is 2.28. The molecule has 152 valence electrons. The van der Waals surface area contributed by atoms with Gasteiger partial charge in [-0.1, -0.05) is 0 Å². The largest absolute Gasteiger partial charge is 0.497 e. The maximum absolute atomic E-state index is 13.3. The molecule has 0 aliphatic rings. The Hall–Kier alpha value is -3.40. The van der Waals surface area contributed by atoms with E-state index in [0.717, 1.165) is 0 Å². The molecule has 0 atom stereocenters. The predicted octanol–water partition coefficient (Wildman–Crippen LogP) is 2.82. The lowest BCUT2D eigenvalue weighted by atomic mass is 10.1. The summed E-state index contributed by atoms with van der Waals surface area (Å²) in [5, 5.41) is 4.23. The molecule has 0 amide bonds. The van der Waals surface area contributed by atoms with E-state index in [0.29, 0.717) is 11.3 Å². The molecule has 0 aliphatic carbocycles. The average molecular weight is 419 g/mol. The number of aromatic nitrogens is 2. The number of anilines is 1. The van der Waals surface area contributed by atoms with Crippen LogP contribution in [-0.4, -0.2) is 38.4 Å². The number of halogens is 1. The number of sulfonamides is 1. The van der Waals surface area contributed by atoms with Crippen molar-refractivity contribution in [2.75, 3.05) is 18.9 Å². The van der Waals surface area contributed by atoms with E-state index in [1.807, 2.05) is 0 Å². The minimum absolute atomic E-state index is 0.0389. The molecule has 3 aromatic rings. The Labute approximate surface area is 166 Å². The fraction of sp³-hybridized carbons (Fsp3) is 0.158. The minimum atomic E-state index is -4.07. The number of methoxy groups -OCH3 is 2. The van der Waals surface area contributed by atoms with Gasteiger partial charge in [0.2, 0.25) is 0 Å². The Balaban J connectivity index is 2.12. The molecule has 0 aliphatic heterocycles. The number of carbonyl (C=O) groups excluding carboxylic acids is 1. The minimum Gasteiger partial charge on any atom is -0.497 e. The zero-order valence-corrected chi connectivity index (χ0v) is 16.7. The number of aryl methyl sites for hydroxylation is 1. The first-order valence-corrected chi connectivity index (χ1v) is 9.83. The van der Waals surface area contributed by atoms with Gasteiger partial charge >= 0.3 is 5.97 Å². The second-order valence-corrected chi connectivity index (χ2v) is 7.66. The summed E-state index contributed by atoms with van der Waals surface area (Å²) < 4.78 is 52.5. The molecule has 3 rings (SSSR count). The molecule has 0 fully saturated rings. The summed E-state index contributed by atoms with van der Waals surface area (Å²) in [4.78, 5) is 12.2. The molecule has 0 bridgehead atoms. The third kappa shape index (κ3) is 4.06. The van der Waals surface area contributed by atoms with Crippen LogP contribution in [0.5, 0.6) is 5.75 Å². The molecule has 2 aromatic carbocycles. The van der Waals surface area contributed by atoms with Gasteiger partial charge in [-0.3, -0.25) is 9.40 Å². The molecular weight excluding hydrogens is 401 g/mol. The zero-order chi connectivity index (χ0) is 21.2. The van der Waals surface area contributed by atoms with Gasteiger partial charge in [0, 0.05) is 12.6 Å². The quantitative estimate of drug-likeness (QED) is 0.617. The smallest absolute Gasteiger partial charge is 0.358 e. The Kier molecular flexibility index (Phi) is 5.55. The highest BCUT2D eigenvalue weighted by molar-refractivity contribution is 7.92. The average Bonchev–Trinajstić information content (AvgIpc) is 3.03. The van der Waals surface area contributed by atoms with Crippen molar-refractivity contribution in [1.82, 2.24) is 9.78 Å². The van der Waals surface area contributed by atoms with E-state index in [1.54, 1.807) is 0 Å². The molecular formula is C19H18FN3O5S. The number of hydrogen-bond donors (Lipinski definition) is 1. The van der Waals surface area contributed by atoms with Gasteiger partial charge in [0.1, 0.15) is 22.9 Å². The Bertz CT molecular complexity index is 1140. The number of rotatable bonds is 6. The highest BCUT2D eigenvalue weighted by atomic mass is 32.2. The summed E-state index contributed by atoms with van der Waals surface area (Å²) in [6.07, 6.45) is 0. The summed E-state index contributed by atoms with van der Waals surface area (Å²) in [6, 6.07) is 11.0. The molecule has 8 nitrogen and oxygen atoms in total. The van der Waals surface area contributed by atoms with E-state index in [4.69, 9.17) is 9.47 Å². The topological polar surface area (TPSA) is 99.5 Å². The third-order valence-electron chi connectivity index (χ3n) is 4.15. The van der Waals surface area contributed by atoms with Crippen molar-refractivity contribution in [2.24, 2.45) is 7.05 Å². The molecule has 1 N–H and O–H groups in total. The predicted molar refractivity (Wildman–Crippen MR) is 104 cm³/mol. The van der Waals surface area contributed by atoms with E-state index in [-0.39, 0.29) is 22.0 Å². The molecule has 1 heterocycles. The van der Waals surface area contributed by atoms with Crippen LogP contribution >= 0.6 is 0 Å². The van der Waals surface area contributed by atoms with Crippen molar-refractivity contribution in [2.45, 2.75) is 4.90 Å². The summed E-state index contributed by atoms with van der Waals surface area (Å²) >= 11 is 0. The second kappa shape index (κ2) is 7.92. The number of esters is 1. The lowest BCUT2D eigenvalue weighted by Crippen LogP contribution is -2.17. The monoisotopic (exact) mass is 419 g/mol. The van der Waals surface area contributed by atoms with Crippen LogP contribution in [0.15, 0.2) is 53.4 Å². The molecule has 0 unspecified atom stereocenters. The number of carbonyl (C=O) groups is 1. The van der Waals surface area contributed by atoms with Crippen molar-refractivity contribution in [3.8, 4) is 17.0 Å². The second-order valence-electron chi connectivity index (χ2n) is 5.98. The van der Waals surface area contributed by atoms with Crippen molar-refractivity contribution < 1.29 is 27.1 Å². The van der Waals surface area contributed by atoms with Crippen LogP contribution in [0.25, 0.3) is 11.3 Å². The lowest BCUT2D eigenvalue weighted by Gasteiger charge is -2.11. The summed E-state index contributed by atoms with van der Waals surface area (Å²) in [6.45, 7) is 0. The SMILES string of the molecule is COC(=O)c1c(NS(=O)(=O)c2ccc(OC)cc2)c(-c2ccc(F)cc2)nn1C. The van der Waals surface area contributed by atoms with Gasteiger partial charge in [-0.25, -0.2) is 17.6 Å². The Morgan fingerprint density at radius 1 is 1.07 bits per heavy atom. The van der Waals surface area contributed by atoms with Gasteiger partial charge in [-0.05, 0) is 48.5 Å². The van der Waals surface area contributed by atoms with Gasteiger partial charge in [0.25, 0.3) is 10.0 Å². The number of benzene rings is 2. The van der Waals surface area contributed by atoms with Crippen molar-refractivity contribution in [3.63, 3.8) is 0 Å². The molecule has 1 aromatic heterocycles. The number of hydrogen-bond acceptors (Lipinski definition) is 6. The molecule has 0 saturated carbocycles. The van der Waals surface area contributed by atoms with Gasteiger partial charge in [-0.15, -0.1) is 0 Å². The molecule has 0 saturated heterocycles. The fourth-order valence-corrected chi connectivity index (χ4v) is 3.78. The number of nitrogens with zero attached hydrogens (tertiary/aromatic N) is 2. The van der Waals surface area contributed by atoms with E-state index >= 15 is 0 Å². The first-order chi connectivity index (χ1) is 13.8. The van der Waals surface area contributed by atoms with Gasteiger partial charge in [-0.2, -0.15) is 5.10 Å². The van der Waals surface area contributed by atoms with Crippen LogP contribution in [0.1, 0.15) is 10.5 Å². The van der Waals surface area contributed by atoms with E-state index in [1.165, 1.54) is 74.5 Å². The molecule has 10 heteroatoms. The first-order valence-electron chi connectivity index (χ1n) is 8.35. The summed E-state index contributed by atoms with van der Waals surface area (Å²) in [5.41, 5.74) is 0.417. The van der Waals surface area contributed by atoms with E-state index in [9.17, 15) is 17.6 Å². The fourth-order valence-electron chi connectivity index (χ4n) is 2.71. The Morgan fingerprint density at radius 3 is 2.24 bits per heavy atom. The maximum atomic E-state index is 13.3. The summed E-state index contributed by atoms with van der Waals surface area (Å²) in [5.74, 6) is -0.744.